The standard InChI is InChI=1S/C24H26F3N5S2/c1-14-6-4-5-9-32(14)22-29-20(24(25,26)27)10-21(30-22)31-11-15-16(12-31)17(15)13-33-23-28-18-7-2-3-8-19(18)34-23/h2-3,7-8,10,14-17H,4-6,9,11-13H2,1H3/t14?,15-,16+,17?. The van der Waals surface area contributed by atoms with E-state index >= 15 is 0 Å². The van der Waals surface area contributed by atoms with Gasteiger partial charge in [-0.1, -0.05) is 23.9 Å². The smallest absolute Gasteiger partial charge is 0.356 e. The van der Waals surface area contributed by atoms with Crippen LogP contribution in [-0.2, 0) is 6.18 Å². The first-order valence-corrected chi connectivity index (χ1v) is 13.6. The molecule has 6 rings (SSSR count). The molecule has 3 fully saturated rings. The lowest BCUT2D eigenvalue weighted by atomic mass is 10.0. The molecule has 0 amide bonds. The zero-order valence-electron chi connectivity index (χ0n) is 18.8. The van der Waals surface area contributed by atoms with Crippen LogP contribution in [0, 0.1) is 17.8 Å². The summed E-state index contributed by atoms with van der Waals surface area (Å²) in [4.78, 5) is 17.2. The lowest BCUT2D eigenvalue weighted by Gasteiger charge is -2.34. The fourth-order valence-corrected chi connectivity index (χ4v) is 7.82. The topological polar surface area (TPSA) is 45.2 Å². The number of hydrogen-bond acceptors (Lipinski definition) is 7. The highest BCUT2D eigenvalue weighted by atomic mass is 32.2. The van der Waals surface area contributed by atoms with Gasteiger partial charge in [-0.2, -0.15) is 18.2 Å². The number of hydrogen-bond donors (Lipinski definition) is 0. The van der Waals surface area contributed by atoms with Crippen molar-refractivity contribution in [2.75, 3.05) is 35.2 Å². The van der Waals surface area contributed by atoms with Crippen molar-refractivity contribution in [3.8, 4) is 0 Å². The number of thiazole rings is 1. The summed E-state index contributed by atoms with van der Waals surface area (Å²) >= 11 is 3.53. The molecule has 4 heterocycles. The summed E-state index contributed by atoms with van der Waals surface area (Å²) in [5.74, 6) is 3.28. The third kappa shape index (κ3) is 4.23. The normalized spacial score (nSPS) is 26.8. The predicted molar refractivity (Wildman–Crippen MR) is 131 cm³/mol. The lowest BCUT2D eigenvalue weighted by Crippen LogP contribution is -2.39. The Balaban J connectivity index is 1.14. The van der Waals surface area contributed by atoms with E-state index in [0.29, 0.717) is 30.1 Å². The third-order valence-electron chi connectivity index (χ3n) is 7.42. The number of thioether (sulfide) groups is 1. The van der Waals surface area contributed by atoms with Crippen molar-refractivity contribution < 1.29 is 13.2 Å². The van der Waals surface area contributed by atoms with Gasteiger partial charge in [-0.3, -0.25) is 0 Å². The molecule has 2 unspecified atom stereocenters. The number of alkyl halides is 3. The molecular formula is C24H26F3N5S2. The van der Waals surface area contributed by atoms with Gasteiger partial charge in [0.15, 0.2) is 10.0 Å². The minimum Gasteiger partial charge on any atom is -0.356 e. The molecule has 10 heteroatoms. The summed E-state index contributed by atoms with van der Waals surface area (Å²) in [5.41, 5.74) is 0.203. The van der Waals surface area contributed by atoms with Crippen molar-refractivity contribution in [2.24, 2.45) is 17.8 Å². The van der Waals surface area contributed by atoms with Crippen LogP contribution >= 0.6 is 23.1 Å². The molecule has 4 atom stereocenters. The fourth-order valence-electron chi connectivity index (χ4n) is 5.42. The maximum atomic E-state index is 13.7. The molecule has 180 valence electrons. The van der Waals surface area contributed by atoms with E-state index in [1.165, 1.54) is 4.70 Å². The second kappa shape index (κ2) is 8.55. The molecule has 2 saturated heterocycles. The van der Waals surface area contributed by atoms with E-state index in [1.807, 2.05) is 34.9 Å². The van der Waals surface area contributed by atoms with Crippen LogP contribution in [0.25, 0.3) is 10.2 Å². The minimum absolute atomic E-state index is 0.154. The molecule has 0 bridgehead atoms. The van der Waals surface area contributed by atoms with Crippen LogP contribution < -0.4 is 9.80 Å². The first-order valence-electron chi connectivity index (χ1n) is 11.8. The molecule has 3 aliphatic rings. The number of nitrogens with zero attached hydrogens (tertiary/aromatic N) is 5. The van der Waals surface area contributed by atoms with Crippen LogP contribution in [0.4, 0.5) is 24.9 Å². The Morgan fingerprint density at radius 1 is 1.09 bits per heavy atom. The average molecular weight is 506 g/mol. The van der Waals surface area contributed by atoms with Gasteiger partial charge in [-0.15, -0.1) is 11.3 Å². The first kappa shape index (κ1) is 22.4. The molecule has 5 nitrogen and oxygen atoms in total. The van der Waals surface area contributed by atoms with Crippen molar-refractivity contribution in [1.29, 1.82) is 0 Å². The molecule has 2 aliphatic heterocycles. The number of benzene rings is 1. The number of piperidine rings is 2. The van der Waals surface area contributed by atoms with Crippen molar-refractivity contribution >= 4 is 45.1 Å². The number of fused-ring (bicyclic) bond motifs is 2. The van der Waals surface area contributed by atoms with Crippen molar-refractivity contribution in [3.63, 3.8) is 0 Å². The zero-order valence-corrected chi connectivity index (χ0v) is 20.5. The summed E-state index contributed by atoms with van der Waals surface area (Å²) in [5, 5.41) is 0. The second-order valence-corrected chi connectivity index (χ2v) is 11.9. The van der Waals surface area contributed by atoms with E-state index in [9.17, 15) is 13.2 Å². The van der Waals surface area contributed by atoms with Crippen molar-refractivity contribution in [2.45, 2.75) is 42.7 Å². The van der Waals surface area contributed by atoms with Crippen LogP contribution in [-0.4, -0.2) is 46.4 Å². The van der Waals surface area contributed by atoms with Crippen molar-refractivity contribution in [1.82, 2.24) is 15.0 Å². The molecular weight excluding hydrogens is 479 g/mol. The lowest BCUT2D eigenvalue weighted by molar-refractivity contribution is -0.141. The second-order valence-electron chi connectivity index (χ2n) is 9.60. The Morgan fingerprint density at radius 2 is 1.88 bits per heavy atom. The van der Waals surface area contributed by atoms with Gasteiger partial charge in [0, 0.05) is 37.5 Å². The highest BCUT2D eigenvalue weighted by molar-refractivity contribution is 8.01. The zero-order chi connectivity index (χ0) is 23.4. The number of rotatable bonds is 5. The van der Waals surface area contributed by atoms with E-state index < -0.39 is 11.9 Å². The summed E-state index contributed by atoms with van der Waals surface area (Å²) in [6, 6.07) is 9.45. The van der Waals surface area contributed by atoms with Gasteiger partial charge in [0.05, 0.1) is 10.2 Å². The van der Waals surface area contributed by atoms with E-state index in [2.05, 4.69) is 16.0 Å². The van der Waals surface area contributed by atoms with Crippen molar-refractivity contribution in [3.05, 3.63) is 36.0 Å². The summed E-state index contributed by atoms with van der Waals surface area (Å²) in [7, 11) is 0. The van der Waals surface area contributed by atoms with Crippen LogP contribution in [0.15, 0.2) is 34.7 Å². The van der Waals surface area contributed by atoms with Gasteiger partial charge >= 0.3 is 6.18 Å². The van der Waals surface area contributed by atoms with Gasteiger partial charge in [0.2, 0.25) is 5.95 Å². The van der Waals surface area contributed by atoms with Crippen LogP contribution in [0.5, 0.6) is 0 Å². The van der Waals surface area contributed by atoms with Gasteiger partial charge in [0.25, 0.3) is 0 Å². The largest absolute Gasteiger partial charge is 0.433 e. The Bertz CT molecular complexity index is 1150. The number of aromatic nitrogens is 3. The van der Waals surface area contributed by atoms with Gasteiger partial charge < -0.3 is 9.80 Å². The molecule has 2 aromatic heterocycles. The van der Waals surface area contributed by atoms with Crippen LogP contribution in [0.3, 0.4) is 0 Å². The van der Waals surface area contributed by atoms with E-state index in [0.717, 1.165) is 54.0 Å². The average Bonchev–Trinajstić information content (AvgIpc) is 3.15. The highest BCUT2D eigenvalue weighted by Gasteiger charge is 2.55. The van der Waals surface area contributed by atoms with Gasteiger partial charge in [0.1, 0.15) is 5.82 Å². The molecule has 1 aliphatic carbocycles. The Labute approximate surface area is 204 Å². The summed E-state index contributed by atoms with van der Waals surface area (Å²) < 4.78 is 43.2. The molecule has 0 spiro atoms. The minimum atomic E-state index is -4.48. The molecule has 1 aromatic carbocycles. The maximum Gasteiger partial charge on any atom is 0.433 e. The summed E-state index contributed by atoms with van der Waals surface area (Å²) in [6.45, 7) is 4.28. The summed E-state index contributed by atoms with van der Waals surface area (Å²) in [6.07, 6.45) is -1.47. The van der Waals surface area contributed by atoms with Gasteiger partial charge in [-0.25, -0.2) is 9.97 Å². The fraction of sp³-hybridized carbons (Fsp3) is 0.542. The quantitative estimate of drug-likeness (QED) is 0.399. The SMILES string of the molecule is CC1CCCCN1c1nc(N2C[C@@H]3C(CSc4nc5ccccc5s4)[C@@H]3C2)cc(C(F)(F)F)n1. The Kier molecular flexibility index (Phi) is 5.63. The van der Waals surface area contributed by atoms with Gasteiger partial charge in [-0.05, 0) is 56.1 Å². The van der Waals surface area contributed by atoms with E-state index in [4.69, 9.17) is 4.98 Å². The van der Waals surface area contributed by atoms with E-state index in [-0.39, 0.29) is 12.0 Å². The molecule has 0 N–H and O–H groups in total. The van der Waals surface area contributed by atoms with E-state index in [1.54, 1.807) is 23.1 Å². The third-order valence-corrected chi connectivity index (χ3v) is 9.74. The molecule has 3 aromatic rings. The number of halogens is 3. The molecule has 1 saturated carbocycles. The molecule has 0 radical (unpaired) electrons. The number of anilines is 2. The molecule has 34 heavy (non-hydrogen) atoms. The first-order chi connectivity index (χ1) is 16.4. The predicted octanol–water partition coefficient (Wildman–Crippen LogP) is 5.96. The highest BCUT2D eigenvalue weighted by Crippen LogP contribution is 2.54. The Morgan fingerprint density at radius 3 is 2.62 bits per heavy atom. The van der Waals surface area contributed by atoms with Crippen LogP contribution in [0.2, 0.25) is 0 Å². The monoisotopic (exact) mass is 505 g/mol. The number of para-hydroxylation sites is 1. The maximum absolute atomic E-state index is 13.7. The van der Waals surface area contributed by atoms with Crippen LogP contribution in [0.1, 0.15) is 31.9 Å². The Hall–Kier alpha value is -2.07.